The summed E-state index contributed by atoms with van der Waals surface area (Å²) in [7, 11) is 0. The van der Waals surface area contributed by atoms with Gasteiger partial charge in [0.15, 0.2) is 0 Å². The lowest BCUT2D eigenvalue weighted by atomic mass is 10.2. The molecule has 0 saturated carbocycles. The minimum Gasteiger partial charge on any atom is -0.480 e. The zero-order chi connectivity index (χ0) is 14.4. The number of hydrogen-bond acceptors (Lipinski definition) is 3. The van der Waals surface area contributed by atoms with E-state index in [9.17, 15) is 14.4 Å². The van der Waals surface area contributed by atoms with Crippen LogP contribution in [0.15, 0.2) is 24.3 Å². The van der Waals surface area contributed by atoms with E-state index in [-0.39, 0.29) is 0 Å². The highest BCUT2D eigenvalue weighted by molar-refractivity contribution is 5.93. The molecule has 0 spiro atoms. The van der Waals surface area contributed by atoms with Crippen LogP contribution in [-0.4, -0.2) is 29.1 Å². The summed E-state index contributed by atoms with van der Waals surface area (Å²) in [6, 6.07) is 4.95. The summed E-state index contributed by atoms with van der Waals surface area (Å²) in [5.74, 6) is -2.12. The van der Waals surface area contributed by atoms with Crippen LogP contribution >= 0.6 is 0 Å². The van der Waals surface area contributed by atoms with E-state index in [0.717, 1.165) is 5.56 Å². The summed E-state index contributed by atoms with van der Waals surface area (Å²) in [6.07, 6.45) is -0.462. The maximum atomic E-state index is 11.6. The fourth-order valence-corrected chi connectivity index (χ4v) is 1.45. The van der Waals surface area contributed by atoms with Crippen molar-refractivity contribution < 1.29 is 19.5 Å². The highest BCUT2D eigenvalue weighted by Crippen LogP contribution is 2.09. The van der Waals surface area contributed by atoms with Gasteiger partial charge in [-0.25, -0.2) is 9.59 Å². The third-order valence-electron chi connectivity index (χ3n) is 2.28. The molecule has 1 rings (SSSR count). The molecule has 1 aromatic carbocycles. The van der Waals surface area contributed by atoms with Crippen LogP contribution in [0.3, 0.4) is 0 Å². The number of carbonyl (C=O) groups is 3. The van der Waals surface area contributed by atoms with Crippen LogP contribution in [0.2, 0.25) is 0 Å². The minimum atomic E-state index is -1.35. The highest BCUT2D eigenvalue weighted by Gasteiger charge is 2.21. The first-order valence-electron chi connectivity index (χ1n) is 5.54. The molecule has 7 nitrogen and oxygen atoms in total. The second-order valence-corrected chi connectivity index (χ2v) is 4.03. The van der Waals surface area contributed by atoms with Crippen molar-refractivity contribution in [2.24, 2.45) is 5.73 Å². The van der Waals surface area contributed by atoms with Crippen molar-refractivity contribution in [2.75, 3.05) is 5.32 Å². The number of carboxylic acids is 1. The summed E-state index contributed by atoms with van der Waals surface area (Å²) in [6.45, 7) is 1.86. The molecule has 0 heterocycles. The average Bonchev–Trinajstić information content (AvgIpc) is 2.27. The van der Waals surface area contributed by atoms with Crippen molar-refractivity contribution in [2.45, 2.75) is 19.4 Å². The average molecular weight is 265 g/mol. The van der Waals surface area contributed by atoms with E-state index in [1.807, 2.05) is 13.0 Å². The van der Waals surface area contributed by atoms with E-state index in [4.69, 9.17) is 10.8 Å². The molecule has 0 bridgehead atoms. The third kappa shape index (κ3) is 5.07. The van der Waals surface area contributed by atoms with Gasteiger partial charge in [0.25, 0.3) is 0 Å². The SMILES string of the molecule is Cc1cccc(NC(=O)NC(CC(N)=O)C(=O)O)c1. The van der Waals surface area contributed by atoms with Gasteiger partial charge in [0.2, 0.25) is 5.91 Å². The number of nitrogens with one attached hydrogen (secondary N) is 2. The number of urea groups is 1. The quantitative estimate of drug-likeness (QED) is 0.617. The first kappa shape index (κ1) is 14.5. The monoisotopic (exact) mass is 265 g/mol. The lowest BCUT2D eigenvalue weighted by molar-refractivity contribution is -0.140. The Morgan fingerprint density at radius 2 is 2.05 bits per heavy atom. The topological polar surface area (TPSA) is 122 Å². The first-order chi connectivity index (χ1) is 8.88. The molecule has 0 aliphatic heterocycles. The normalized spacial score (nSPS) is 11.4. The molecule has 19 heavy (non-hydrogen) atoms. The van der Waals surface area contributed by atoms with Gasteiger partial charge < -0.3 is 21.5 Å². The summed E-state index contributed by atoms with van der Waals surface area (Å²) < 4.78 is 0. The van der Waals surface area contributed by atoms with Crippen LogP contribution in [0, 0.1) is 6.92 Å². The smallest absolute Gasteiger partial charge is 0.326 e. The molecule has 0 fully saturated rings. The van der Waals surface area contributed by atoms with E-state index in [0.29, 0.717) is 5.69 Å². The summed E-state index contributed by atoms with van der Waals surface area (Å²) >= 11 is 0. The molecule has 102 valence electrons. The number of benzene rings is 1. The molecule has 1 aromatic rings. The Hall–Kier alpha value is -2.57. The Bertz CT molecular complexity index is 502. The number of anilines is 1. The predicted octanol–water partition coefficient (Wildman–Crippen LogP) is 0.445. The Morgan fingerprint density at radius 3 is 2.58 bits per heavy atom. The Kier molecular flexibility index (Phi) is 4.87. The molecule has 0 aromatic heterocycles. The van der Waals surface area contributed by atoms with Crippen LogP contribution in [-0.2, 0) is 9.59 Å². The number of carbonyl (C=O) groups excluding carboxylic acids is 2. The van der Waals surface area contributed by atoms with E-state index in [2.05, 4.69) is 10.6 Å². The fourth-order valence-electron chi connectivity index (χ4n) is 1.45. The standard InChI is InChI=1S/C12H15N3O4/c1-7-3-2-4-8(5-7)14-12(19)15-9(11(17)18)6-10(13)16/h2-5,9H,6H2,1H3,(H2,13,16)(H,17,18)(H2,14,15,19). The van der Waals surface area contributed by atoms with Gasteiger partial charge in [0.1, 0.15) is 6.04 Å². The van der Waals surface area contributed by atoms with Crippen LogP contribution < -0.4 is 16.4 Å². The molecule has 5 N–H and O–H groups in total. The molecule has 0 saturated heterocycles. The molecule has 0 aliphatic carbocycles. The van der Waals surface area contributed by atoms with Gasteiger partial charge in [-0.15, -0.1) is 0 Å². The number of aliphatic carboxylic acids is 1. The van der Waals surface area contributed by atoms with Gasteiger partial charge >= 0.3 is 12.0 Å². The number of aryl methyl sites for hydroxylation is 1. The molecular weight excluding hydrogens is 250 g/mol. The van der Waals surface area contributed by atoms with Crippen molar-refractivity contribution in [3.05, 3.63) is 29.8 Å². The summed E-state index contributed by atoms with van der Waals surface area (Å²) in [4.78, 5) is 33.1. The van der Waals surface area contributed by atoms with Crippen molar-refractivity contribution in [3.8, 4) is 0 Å². The second kappa shape index (κ2) is 6.39. The van der Waals surface area contributed by atoms with Crippen LogP contribution in [0.1, 0.15) is 12.0 Å². The minimum absolute atomic E-state index is 0.462. The molecule has 3 amide bonds. The fraction of sp³-hybridized carbons (Fsp3) is 0.250. The number of carboxylic acid groups (broad SMARTS) is 1. The van der Waals surface area contributed by atoms with Gasteiger partial charge in [-0.05, 0) is 24.6 Å². The first-order valence-corrected chi connectivity index (χ1v) is 5.54. The highest BCUT2D eigenvalue weighted by atomic mass is 16.4. The van der Waals surface area contributed by atoms with E-state index in [1.165, 1.54) is 0 Å². The van der Waals surface area contributed by atoms with Crippen molar-refractivity contribution in [1.82, 2.24) is 5.32 Å². The maximum absolute atomic E-state index is 11.6. The molecule has 1 atom stereocenters. The number of primary amides is 1. The van der Waals surface area contributed by atoms with Crippen LogP contribution in [0.4, 0.5) is 10.5 Å². The summed E-state index contributed by atoms with van der Waals surface area (Å²) in [5, 5.41) is 13.5. The Balaban J connectivity index is 2.62. The maximum Gasteiger partial charge on any atom is 0.326 e. The van der Waals surface area contributed by atoms with E-state index in [1.54, 1.807) is 18.2 Å². The molecule has 0 radical (unpaired) electrons. The van der Waals surface area contributed by atoms with Crippen molar-refractivity contribution >= 4 is 23.6 Å². The molecule has 7 heteroatoms. The lowest BCUT2D eigenvalue weighted by Gasteiger charge is -2.13. The van der Waals surface area contributed by atoms with Crippen LogP contribution in [0.25, 0.3) is 0 Å². The van der Waals surface area contributed by atoms with E-state index < -0.39 is 30.4 Å². The zero-order valence-corrected chi connectivity index (χ0v) is 10.3. The van der Waals surface area contributed by atoms with E-state index >= 15 is 0 Å². The molecule has 1 unspecified atom stereocenters. The van der Waals surface area contributed by atoms with Gasteiger partial charge in [-0.1, -0.05) is 12.1 Å². The second-order valence-electron chi connectivity index (χ2n) is 4.03. The lowest BCUT2D eigenvalue weighted by Crippen LogP contribution is -2.45. The summed E-state index contributed by atoms with van der Waals surface area (Å²) in [5.41, 5.74) is 6.38. The largest absolute Gasteiger partial charge is 0.480 e. The molecular formula is C12H15N3O4. The molecule has 0 aliphatic rings. The zero-order valence-electron chi connectivity index (χ0n) is 10.3. The number of hydrogen-bond donors (Lipinski definition) is 4. The Morgan fingerprint density at radius 1 is 1.37 bits per heavy atom. The third-order valence-corrected chi connectivity index (χ3v) is 2.28. The van der Waals surface area contributed by atoms with Gasteiger partial charge in [-0.2, -0.15) is 0 Å². The number of rotatable bonds is 5. The Labute approximate surface area is 109 Å². The predicted molar refractivity (Wildman–Crippen MR) is 68.6 cm³/mol. The number of nitrogens with two attached hydrogens (primary N) is 1. The van der Waals surface area contributed by atoms with Gasteiger partial charge in [0.05, 0.1) is 6.42 Å². The van der Waals surface area contributed by atoms with Crippen molar-refractivity contribution in [3.63, 3.8) is 0 Å². The number of amides is 3. The van der Waals surface area contributed by atoms with Gasteiger partial charge in [-0.3, -0.25) is 4.79 Å². The van der Waals surface area contributed by atoms with Gasteiger partial charge in [0, 0.05) is 5.69 Å². The van der Waals surface area contributed by atoms with Crippen LogP contribution in [0.5, 0.6) is 0 Å². The van der Waals surface area contributed by atoms with Crippen molar-refractivity contribution in [1.29, 1.82) is 0 Å².